The monoisotopic (exact) mass is 274 g/mol. The summed E-state index contributed by atoms with van der Waals surface area (Å²) in [6, 6.07) is 0. The molecule has 2 heteroatoms. The zero-order valence-electron chi connectivity index (χ0n) is 12.9. The zero-order valence-corrected chi connectivity index (χ0v) is 12.9. The second kappa shape index (κ2) is 7.98. The van der Waals surface area contributed by atoms with Crippen LogP contribution in [0.2, 0.25) is 0 Å². The Morgan fingerprint density at radius 2 is 1.60 bits per heavy atom. The zero-order chi connectivity index (χ0) is 15.0. The molecule has 0 aromatic heterocycles. The van der Waals surface area contributed by atoms with E-state index in [2.05, 4.69) is 12.2 Å². The highest BCUT2D eigenvalue weighted by Gasteiger charge is 2.35. The van der Waals surface area contributed by atoms with E-state index in [9.17, 15) is 9.59 Å². The molecular weight excluding hydrogens is 248 g/mol. The molecule has 0 saturated heterocycles. The van der Waals surface area contributed by atoms with Crippen LogP contribution >= 0.6 is 0 Å². The van der Waals surface area contributed by atoms with E-state index >= 15 is 0 Å². The van der Waals surface area contributed by atoms with E-state index in [1.165, 1.54) is 0 Å². The van der Waals surface area contributed by atoms with E-state index in [-0.39, 0.29) is 17.0 Å². The number of Topliss-reactive ketones (excluding diaryl/α,β-unsaturated/α-hetero) is 2. The second-order valence-electron chi connectivity index (χ2n) is 6.22. The van der Waals surface area contributed by atoms with Crippen molar-refractivity contribution in [2.24, 2.45) is 5.41 Å². The topological polar surface area (TPSA) is 34.1 Å². The molecule has 1 rings (SSSR count). The molecule has 0 aromatic rings. The number of unbranched alkanes of at least 4 members (excludes halogenated alkanes) is 3. The van der Waals surface area contributed by atoms with Crippen LogP contribution in [0.3, 0.4) is 0 Å². The number of allylic oxidation sites excluding steroid dienone is 6. The highest BCUT2D eigenvalue weighted by molar-refractivity contribution is 6.22. The van der Waals surface area contributed by atoms with Crippen molar-refractivity contribution >= 4 is 11.6 Å². The molecule has 0 bridgehead atoms. The van der Waals surface area contributed by atoms with Gasteiger partial charge >= 0.3 is 0 Å². The smallest absolute Gasteiger partial charge is 0.166 e. The Morgan fingerprint density at radius 3 is 2.20 bits per heavy atom. The first kappa shape index (κ1) is 16.6. The molecule has 1 aliphatic carbocycles. The molecule has 0 amide bonds. The lowest BCUT2D eigenvalue weighted by Gasteiger charge is -2.28. The highest BCUT2D eigenvalue weighted by Crippen LogP contribution is 2.33. The van der Waals surface area contributed by atoms with Crippen molar-refractivity contribution in [1.82, 2.24) is 0 Å². The molecule has 1 aliphatic rings. The van der Waals surface area contributed by atoms with Crippen LogP contribution < -0.4 is 0 Å². The molecule has 20 heavy (non-hydrogen) atoms. The number of rotatable bonds is 6. The van der Waals surface area contributed by atoms with Crippen molar-refractivity contribution in [3.8, 4) is 0 Å². The summed E-state index contributed by atoms with van der Waals surface area (Å²) >= 11 is 0. The molecule has 0 heterocycles. The van der Waals surface area contributed by atoms with Gasteiger partial charge in [0.15, 0.2) is 11.6 Å². The van der Waals surface area contributed by atoms with E-state index < -0.39 is 0 Å². The van der Waals surface area contributed by atoms with Gasteiger partial charge in [0, 0.05) is 12.8 Å². The summed E-state index contributed by atoms with van der Waals surface area (Å²) in [6.07, 6.45) is 15.0. The summed E-state index contributed by atoms with van der Waals surface area (Å²) in [7, 11) is 0. The van der Waals surface area contributed by atoms with E-state index in [0.29, 0.717) is 18.4 Å². The van der Waals surface area contributed by atoms with Gasteiger partial charge in [0.05, 0.1) is 5.57 Å². The van der Waals surface area contributed by atoms with Crippen molar-refractivity contribution in [3.63, 3.8) is 0 Å². The second-order valence-corrected chi connectivity index (χ2v) is 6.22. The minimum Gasteiger partial charge on any atom is -0.294 e. The van der Waals surface area contributed by atoms with Crippen molar-refractivity contribution in [2.75, 3.05) is 0 Å². The molecular formula is C18H26O2. The maximum absolute atomic E-state index is 12.0. The summed E-state index contributed by atoms with van der Waals surface area (Å²) in [5, 5.41) is 0. The fourth-order valence-corrected chi connectivity index (χ4v) is 2.44. The fraction of sp³-hybridized carbons (Fsp3) is 0.556. The van der Waals surface area contributed by atoms with Gasteiger partial charge in [0.25, 0.3) is 0 Å². The van der Waals surface area contributed by atoms with E-state index in [0.717, 1.165) is 25.7 Å². The quantitative estimate of drug-likeness (QED) is 0.308. The summed E-state index contributed by atoms with van der Waals surface area (Å²) in [6.45, 7) is 5.96. The summed E-state index contributed by atoms with van der Waals surface area (Å²) in [5.74, 6) is 0.0541. The first-order valence-electron chi connectivity index (χ1n) is 7.50. The fourth-order valence-electron chi connectivity index (χ4n) is 2.44. The Balaban J connectivity index is 2.35. The SMILES string of the molecule is C/C=C/C=C/CCCCC=C1C(=O)CC(C)(C)CC1=O. The Bertz CT molecular complexity index is 414. The molecule has 0 aromatic carbocycles. The summed E-state index contributed by atoms with van der Waals surface area (Å²) < 4.78 is 0. The average Bonchev–Trinajstić information content (AvgIpc) is 2.34. The van der Waals surface area contributed by atoms with E-state index in [1.54, 1.807) is 0 Å². The van der Waals surface area contributed by atoms with Crippen LogP contribution in [0.1, 0.15) is 59.3 Å². The Kier molecular flexibility index (Phi) is 6.63. The van der Waals surface area contributed by atoms with E-state index in [4.69, 9.17) is 0 Å². The predicted octanol–water partition coefficient (Wildman–Crippen LogP) is 4.56. The summed E-state index contributed by atoms with van der Waals surface area (Å²) in [5.41, 5.74) is 0.289. The third kappa shape index (κ3) is 5.68. The van der Waals surface area contributed by atoms with Crippen LogP contribution in [0.5, 0.6) is 0 Å². The normalized spacial score (nSPS) is 19.2. The third-order valence-corrected chi connectivity index (χ3v) is 3.49. The number of carbonyl (C=O) groups is 2. The molecule has 1 fully saturated rings. The number of hydrogen-bond acceptors (Lipinski definition) is 2. The first-order valence-corrected chi connectivity index (χ1v) is 7.50. The van der Waals surface area contributed by atoms with Crippen molar-refractivity contribution in [1.29, 1.82) is 0 Å². The minimum atomic E-state index is -0.164. The van der Waals surface area contributed by atoms with Gasteiger partial charge in [-0.2, -0.15) is 0 Å². The van der Waals surface area contributed by atoms with Crippen molar-refractivity contribution < 1.29 is 9.59 Å². The van der Waals surface area contributed by atoms with Gasteiger partial charge in [0.2, 0.25) is 0 Å². The van der Waals surface area contributed by atoms with Crippen LogP contribution in [0.25, 0.3) is 0 Å². The van der Waals surface area contributed by atoms with Crippen molar-refractivity contribution in [2.45, 2.75) is 59.3 Å². The van der Waals surface area contributed by atoms with Crippen LogP contribution in [0, 0.1) is 5.41 Å². The molecule has 0 spiro atoms. The highest BCUT2D eigenvalue weighted by atomic mass is 16.1. The molecule has 0 aliphatic heterocycles. The number of ketones is 2. The maximum Gasteiger partial charge on any atom is 0.166 e. The lowest BCUT2D eigenvalue weighted by molar-refractivity contribution is -0.127. The number of carbonyl (C=O) groups excluding carboxylic acids is 2. The predicted molar refractivity (Wildman–Crippen MR) is 83.5 cm³/mol. The van der Waals surface area contributed by atoms with Crippen molar-refractivity contribution in [3.05, 3.63) is 36.0 Å². The molecule has 2 nitrogen and oxygen atoms in total. The molecule has 0 N–H and O–H groups in total. The minimum absolute atomic E-state index is 0.0271. The van der Waals surface area contributed by atoms with Gasteiger partial charge in [-0.3, -0.25) is 9.59 Å². The van der Waals surface area contributed by atoms with E-state index in [1.807, 2.05) is 39.0 Å². The molecule has 0 atom stereocenters. The van der Waals surface area contributed by atoms with Gasteiger partial charge in [-0.1, -0.05) is 44.2 Å². The van der Waals surface area contributed by atoms with Gasteiger partial charge in [-0.15, -0.1) is 0 Å². The maximum atomic E-state index is 12.0. The number of hydrogen-bond donors (Lipinski definition) is 0. The first-order chi connectivity index (χ1) is 9.46. The Hall–Kier alpha value is -1.44. The van der Waals surface area contributed by atoms with Gasteiger partial charge in [-0.05, 0) is 38.0 Å². The van der Waals surface area contributed by atoms with Gasteiger partial charge in [0.1, 0.15) is 0 Å². The van der Waals surface area contributed by atoms with Crippen LogP contribution in [-0.2, 0) is 9.59 Å². The Labute approximate surface area is 122 Å². The third-order valence-electron chi connectivity index (χ3n) is 3.49. The largest absolute Gasteiger partial charge is 0.294 e. The average molecular weight is 274 g/mol. The van der Waals surface area contributed by atoms with Crippen LogP contribution in [0.4, 0.5) is 0 Å². The standard InChI is InChI=1S/C18H26O2/c1-4-5-6-7-8-9-10-11-12-15-16(19)13-18(2,3)14-17(15)20/h4-7,12H,8-11,13-14H2,1-3H3/b5-4+,7-6+. The molecule has 1 saturated carbocycles. The lowest BCUT2D eigenvalue weighted by Crippen LogP contribution is -2.31. The van der Waals surface area contributed by atoms with Crippen LogP contribution in [0.15, 0.2) is 36.0 Å². The van der Waals surface area contributed by atoms with Crippen LogP contribution in [-0.4, -0.2) is 11.6 Å². The molecule has 110 valence electrons. The molecule has 0 unspecified atom stereocenters. The summed E-state index contributed by atoms with van der Waals surface area (Å²) in [4.78, 5) is 23.9. The van der Waals surface area contributed by atoms with Gasteiger partial charge in [-0.25, -0.2) is 0 Å². The molecule has 0 radical (unpaired) electrons. The lowest BCUT2D eigenvalue weighted by atomic mass is 9.74. The van der Waals surface area contributed by atoms with Gasteiger partial charge < -0.3 is 0 Å². The Morgan fingerprint density at radius 1 is 1.00 bits per heavy atom.